The predicted molar refractivity (Wildman–Crippen MR) is 59.0 cm³/mol. The lowest BCUT2D eigenvalue weighted by molar-refractivity contribution is 0.593. The van der Waals surface area contributed by atoms with Crippen LogP contribution in [0.1, 0.15) is 44.3 Å². The minimum atomic E-state index is 0.840. The number of nitrogens with one attached hydrogen (secondary N) is 1. The average molecular weight is 195 g/mol. The third-order valence-electron chi connectivity index (χ3n) is 2.42. The number of rotatable bonds is 8. The van der Waals surface area contributed by atoms with Gasteiger partial charge in [-0.15, -0.1) is 0 Å². The van der Waals surface area contributed by atoms with Crippen LogP contribution in [0.25, 0.3) is 0 Å². The third-order valence-corrected chi connectivity index (χ3v) is 2.42. The van der Waals surface area contributed by atoms with Crippen LogP contribution in [0.4, 0.5) is 0 Å². The monoisotopic (exact) mass is 195 g/mol. The molecule has 0 saturated carbocycles. The lowest BCUT2D eigenvalue weighted by Crippen LogP contribution is -1.97. The molecule has 14 heavy (non-hydrogen) atoms. The highest BCUT2D eigenvalue weighted by atomic mass is 14.9. The van der Waals surface area contributed by atoms with Gasteiger partial charge in [0.15, 0.2) is 0 Å². The number of aryl methyl sites for hydroxylation is 1. The maximum Gasteiger partial charge on any atom is 0.105 e. The van der Waals surface area contributed by atoms with Gasteiger partial charge in [0.25, 0.3) is 0 Å². The Morgan fingerprint density at radius 2 is 1.79 bits per heavy atom. The standard InChI is InChI=1S/C11H21N3/c12-8-6-4-2-1-3-5-7-11-13-9-10-14-11/h9-10H,1-8,12H2,(H,13,14). The van der Waals surface area contributed by atoms with Crippen molar-refractivity contribution in [1.82, 2.24) is 9.97 Å². The van der Waals surface area contributed by atoms with Crippen LogP contribution in [-0.4, -0.2) is 16.5 Å². The third kappa shape index (κ3) is 5.02. The molecule has 1 rings (SSSR count). The Morgan fingerprint density at radius 3 is 2.43 bits per heavy atom. The molecule has 80 valence electrons. The van der Waals surface area contributed by atoms with Gasteiger partial charge in [-0.1, -0.05) is 25.7 Å². The van der Waals surface area contributed by atoms with Gasteiger partial charge in [-0.2, -0.15) is 0 Å². The van der Waals surface area contributed by atoms with Crippen molar-refractivity contribution in [2.24, 2.45) is 5.73 Å². The van der Waals surface area contributed by atoms with Gasteiger partial charge in [-0.3, -0.25) is 0 Å². The second-order valence-corrected chi connectivity index (χ2v) is 3.70. The summed E-state index contributed by atoms with van der Waals surface area (Å²) in [5.41, 5.74) is 5.42. The van der Waals surface area contributed by atoms with Crippen LogP contribution in [0.2, 0.25) is 0 Å². The molecule has 1 heterocycles. The van der Waals surface area contributed by atoms with Crippen LogP contribution in [-0.2, 0) is 6.42 Å². The lowest BCUT2D eigenvalue weighted by Gasteiger charge is -1.99. The molecule has 0 aliphatic rings. The van der Waals surface area contributed by atoms with Gasteiger partial charge in [0, 0.05) is 18.8 Å². The second-order valence-electron chi connectivity index (χ2n) is 3.70. The molecule has 0 amide bonds. The molecule has 0 radical (unpaired) electrons. The molecular formula is C11H21N3. The summed E-state index contributed by atoms with van der Waals surface area (Å²) in [7, 11) is 0. The SMILES string of the molecule is NCCCCCCCCc1ncc[nH]1. The van der Waals surface area contributed by atoms with Crippen molar-refractivity contribution in [2.45, 2.75) is 44.9 Å². The van der Waals surface area contributed by atoms with Gasteiger partial charge in [0.2, 0.25) is 0 Å². The van der Waals surface area contributed by atoms with Crippen molar-refractivity contribution in [1.29, 1.82) is 0 Å². The second kappa shape index (κ2) is 7.56. The van der Waals surface area contributed by atoms with E-state index in [1.807, 2.05) is 12.4 Å². The van der Waals surface area contributed by atoms with Crippen molar-refractivity contribution < 1.29 is 0 Å². The maximum atomic E-state index is 5.42. The Kier molecular flexibility index (Phi) is 6.07. The van der Waals surface area contributed by atoms with Crippen molar-refractivity contribution >= 4 is 0 Å². The number of nitrogens with two attached hydrogens (primary N) is 1. The van der Waals surface area contributed by atoms with E-state index in [4.69, 9.17) is 5.73 Å². The maximum absolute atomic E-state index is 5.42. The van der Waals surface area contributed by atoms with Crippen LogP contribution in [0, 0.1) is 0 Å². The fraction of sp³-hybridized carbons (Fsp3) is 0.727. The smallest absolute Gasteiger partial charge is 0.105 e. The molecule has 3 N–H and O–H groups in total. The first kappa shape index (κ1) is 11.2. The summed E-state index contributed by atoms with van der Waals surface area (Å²) < 4.78 is 0. The number of H-pyrrole nitrogens is 1. The number of imidazole rings is 1. The highest BCUT2D eigenvalue weighted by molar-refractivity contribution is 4.86. The summed E-state index contributed by atoms with van der Waals surface area (Å²) in [6.45, 7) is 0.840. The van der Waals surface area contributed by atoms with E-state index in [9.17, 15) is 0 Å². The van der Waals surface area contributed by atoms with E-state index in [0.29, 0.717) is 0 Å². The first-order chi connectivity index (χ1) is 6.93. The molecule has 0 fully saturated rings. The van der Waals surface area contributed by atoms with Gasteiger partial charge in [-0.25, -0.2) is 4.98 Å². The molecule has 0 aliphatic carbocycles. The van der Waals surface area contributed by atoms with Crippen molar-refractivity contribution in [2.75, 3.05) is 6.54 Å². The average Bonchev–Trinajstić information content (AvgIpc) is 2.69. The Balaban J connectivity index is 1.85. The molecule has 0 atom stereocenters. The molecule has 0 spiro atoms. The number of hydrogen-bond donors (Lipinski definition) is 2. The fourth-order valence-electron chi connectivity index (χ4n) is 1.58. The molecular weight excluding hydrogens is 174 g/mol. The molecule has 0 unspecified atom stereocenters. The highest BCUT2D eigenvalue weighted by Crippen LogP contribution is 2.06. The van der Waals surface area contributed by atoms with Crippen LogP contribution < -0.4 is 5.73 Å². The van der Waals surface area contributed by atoms with Gasteiger partial charge in [0.05, 0.1) is 0 Å². The summed E-state index contributed by atoms with van der Waals surface area (Å²) in [6, 6.07) is 0. The highest BCUT2D eigenvalue weighted by Gasteiger charge is 1.94. The minimum Gasteiger partial charge on any atom is -0.349 e. The Morgan fingerprint density at radius 1 is 1.07 bits per heavy atom. The van der Waals surface area contributed by atoms with E-state index in [-0.39, 0.29) is 0 Å². The number of unbranched alkanes of at least 4 members (excludes halogenated alkanes) is 5. The number of hydrogen-bond acceptors (Lipinski definition) is 2. The van der Waals surface area contributed by atoms with Gasteiger partial charge in [-0.05, 0) is 19.4 Å². The van der Waals surface area contributed by atoms with Gasteiger partial charge >= 0.3 is 0 Å². The first-order valence-corrected chi connectivity index (χ1v) is 5.62. The lowest BCUT2D eigenvalue weighted by atomic mass is 10.1. The summed E-state index contributed by atoms with van der Waals surface area (Å²) in [5, 5.41) is 0. The van der Waals surface area contributed by atoms with E-state index < -0.39 is 0 Å². The van der Waals surface area contributed by atoms with Gasteiger partial charge < -0.3 is 10.7 Å². The molecule has 0 bridgehead atoms. The largest absolute Gasteiger partial charge is 0.349 e. The Hall–Kier alpha value is -0.830. The van der Waals surface area contributed by atoms with Crippen LogP contribution in [0.3, 0.4) is 0 Å². The molecule has 1 aromatic heterocycles. The van der Waals surface area contributed by atoms with E-state index in [2.05, 4.69) is 9.97 Å². The summed E-state index contributed by atoms with van der Waals surface area (Å²) >= 11 is 0. The molecule has 0 saturated heterocycles. The summed E-state index contributed by atoms with van der Waals surface area (Å²) in [4.78, 5) is 7.31. The zero-order chi connectivity index (χ0) is 10.1. The van der Waals surface area contributed by atoms with E-state index in [1.54, 1.807) is 0 Å². The fourth-order valence-corrected chi connectivity index (χ4v) is 1.58. The zero-order valence-electron chi connectivity index (χ0n) is 8.84. The summed E-state index contributed by atoms with van der Waals surface area (Å²) in [6.07, 6.45) is 12.5. The number of nitrogens with zero attached hydrogens (tertiary/aromatic N) is 1. The van der Waals surface area contributed by atoms with E-state index in [0.717, 1.165) is 18.8 Å². The van der Waals surface area contributed by atoms with Crippen LogP contribution in [0.5, 0.6) is 0 Å². The number of aromatic nitrogens is 2. The minimum absolute atomic E-state index is 0.840. The normalized spacial score (nSPS) is 10.6. The van der Waals surface area contributed by atoms with Crippen LogP contribution >= 0.6 is 0 Å². The Bertz CT molecular complexity index is 206. The van der Waals surface area contributed by atoms with Crippen molar-refractivity contribution in [3.63, 3.8) is 0 Å². The summed E-state index contributed by atoms with van der Waals surface area (Å²) in [5.74, 6) is 1.12. The van der Waals surface area contributed by atoms with Gasteiger partial charge in [0.1, 0.15) is 5.82 Å². The zero-order valence-corrected chi connectivity index (χ0v) is 8.84. The topological polar surface area (TPSA) is 54.7 Å². The predicted octanol–water partition coefficient (Wildman–Crippen LogP) is 2.25. The molecule has 3 nitrogen and oxygen atoms in total. The molecule has 3 heteroatoms. The van der Waals surface area contributed by atoms with E-state index >= 15 is 0 Å². The molecule has 0 aliphatic heterocycles. The van der Waals surface area contributed by atoms with E-state index in [1.165, 1.54) is 38.5 Å². The quantitative estimate of drug-likeness (QED) is 0.625. The van der Waals surface area contributed by atoms with Crippen molar-refractivity contribution in [3.8, 4) is 0 Å². The number of aromatic amines is 1. The Labute approximate surface area is 86.1 Å². The molecule has 0 aromatic carbocycles. The van der Waals surface area contributed by atoms with Crippen LogP contribution in [0.15, 0.2) is 12.4 Å². The first-order valence-electron chi connectivity index (χ1n) is 5.62. The molecule has 1 aromatic rings. The van der Waals surface area contributed by atoms with Crippen molar-refractivity contribution in [3.05, 3.63) is 18.2 Å².